The average Bonchev–Trinajstić information content (AvgIpc) is 2.41. The minimum Gasteiger partial charge on any atom is -0.403 e. The summed E-state index contributed by atoms with van der Waals surface area (Å²) in [5.41, 5.74) is 6.73. The van der Waals surface area contributed by atoms with E-state index in [0.717, 1.165) is 32.5 Å². The second kappa shape index (κ2) is 10.0. The van der Waals surface area contributed by atoms with Crippen LogP contribution in [0.3, 0.4) is 0 Å². The molecule has 1 aromatic carbocycles. The first-order chi connectivity index (χ1) is 9.38. The Hall–Kier alpha value is -0.792. The van der Waals surface area contributed by atoms with Gasteiger partial charge < -0.3 is 28.8 Å². The fourth-order valence-electron chi connectivity index (χ4n) is 2.39. The first-order valence-electron chi connectivity index (χ1n) is 6.91. The number of benzene rings is 1. The van der Waals surface area contributed by atoms with Gasteiger partial charge in [0.05, 0.1) is 0 Å². The third kappa shape index (κ3) is 6.11. The summed E-state index contributed by atoms with van der Waals surface area (Å²) in [7, 11) is 0. The number of likely N-dealkylation sites (tertiary alicyclic amines) is 1. The van der Waals surface area contributed by atoms with Crippen molar-refractivity contribution in [1.82, 2.24) is 10.2 Å². The monoisotopic (exact) mass is 441 g/mol. The first-order valence-corrected chi connectivity index (χ1v) is 6.91. The van der Waals surface area contributed by atoms with E-state index in [0.29, 0.717) is 6.04 Å². The zero-order valence-electron chi connectivity index (χ0n) is 11.7. The van der Waals surface area contributed by atoms with E-state index in [-0.39, 0.29) is 21.1 Å². The predicted octanol–water partition coefficient (Wildman–Crippen LogP) is 2.08. The molecule has 0 amide bonds. The van der Waals surface area contributed by atoms with Gasteiger partial charge in [-0.1, -0.05) is 30.3 Å². The van der Waals surface area contributed by atoms with Gasteiger partial charge >= 0.3 is 21.1 Å². The number of nitrogens with one attached hydrogen (secondary N) is 1. The molecule has 0 saturated carbocycles. The summed E-state index contributed by atoms with van der Waals surface area (Å²) < 4.78 is 0. The Morgan fingerprint density at radius 1 is 1.20 bits per heavy atom. The van der Waals surface area contributed by atoms with E-state index in [1.54, 1.807) is 6.20 Å². The minimum absolute atomic E-state index is 0. The molecule has 0 radical (unpaired) electrons. The maximum absolute atomic E-state index is 5.35. The standard InChI is InChI=1S/C16H23N3.W/c17-10-11-18-16-8-4-12-19(13-5-9-16)14-15-6-2-1-3-7-15;/h1-7,10-11,16,18H,8-9,12-14,17H2;/q-2;+2/b11-10-;. The van der Waals surface area contributed by atoms with Crippen LogP contribution in [0.15, 0.2) is 42.7 Å². The Kier molecular flexibility index (Phi) is 8.64. The number of hydrogen-bond donors (Lipinski definition) is 2. The fourth-order valence-corrected chi connectivity index (χ4v) is 2.39. The van der Waals surface area contributed by atoms with Crippen LogP contribution in [0.25, 0.3) is 0 Å². The van der Waals surface area contributed by atoms with E-state index in [2.05, 4.69) is 53.4 Å². The molecule has 2 rings (SSSR count). The summed E-state index contributed by atoms with van der Waals surface area (Å²) in [5, 5.41) is 3.32. The van der Waals surface area contributed by atoms with Gasteiger partial charge in [-0.25, -0.2) is 0 Å². The normalized spacial score (nSPS) is 18.2. The predicted molar refractivity (Wildman–Crippen MR) is 79.8 cm³/mol. The molecule has 0 atom stereocenters. The summed E-state index contributed by atoms with van der Waals surface area (Å²) >= 11 is 0. The Morgan fingerprint density at radius 3 is 2.45 bits per heavy atom. The molecule has 1 aliphatic rings. The minimum atomic E-state index is 0. The van der Waals surface area contributed by atoms with Gasteiger partial charge in [-0.05, 0) is 11.6 Å². The zero-order chi connectivity index (χ0) is 13.3. The molecule has 1 heterocycles. The van der Waals surface area contributed by atoms with Gasteiger partial charge in [-0.2, -0.15) is 12.8 Å². The molecule has 0 spiro atoms. The van der Waals surface area contributed by atoms with Gasteiger partial charge in [0, 0.05) is 18.9 Å². The summed E-state index contributed by atoms with van der Waals surface area (Å²) in [6.07, 6.45) is 10.3. The van der Waals surface area contributed by atoms with Crippen molar-refractivity contribution in [1.29, 1.82) is 0 Å². The Labute approximate surface area is 136 Å². The Bertz CT molecular complexity index is 371. The van der Waals surface area contributed by atoms with Crippen LogP contribution < -0.4 is 11.1 Å². The molecule has 108 valence electrons. The van der Waals surface area contributed by atoms with Gasteiger partial charge in [-0.15, -0.1) is 13.1 Å². The number of rotatable bonds is 4. The van der Waals surface area contributed by atoms with E-state index in [4.69, 9.17) is 5.73 Å². The van der Waals surface area contributed by atoms with Crippen LogP contribution in [0.4, 0.5) is 0 Å². The maximum atomic E-state index is 5.35. The van der Waals surface area contributed by atoms with E-state index in [1.807, 2.05) is 6.20 Å². The van der Waals surface area contributed by atoms with Crippen LogP contribution in [-0.2, 0) is 27.6 Å². The van der Waals surface area contributed by atoms with Crippen LogP contribution in [0.2, 0.25) is 0 Å². The van der Waals surface area contributed by atoms with Crippen LogP contribution in [0.1, 0.15) is 18.4 Å². The van der Waals surface area contributed by atoms with Crippen molar-refractivity contribution in [2.75, 3.05) is 13.1 Å². The quantitative estimate of drug-likeness (QED) is 0.704. The third-order valence-corrected chi connectivity index (χ3v) is 3.35. The van der Waals surface area contributed by atoms with Crippen molar-refractivity contribution in [2.24, 2.45) is 5.73 Å². The Balaban J connectivity index is 0.00000200. The van der Waals surface area contributed by atoms with Crippen molar-refractivity contribution >= 4 is 0 Å². The second-order valence-electron chi connectivity index (χ2n) is 4.95. The van der Waals surface area contributed by atoms with E-state index in [9.17, 15) is 0 Å². The zero-order valence-corrected chi connectivity index (χ0v) is 14.7. The van der Waals surface area contributed by atoms with E-state index in [1.165, 1.54) is 5.56 Å². The van der Waals surface area contributed by atoms with Crippen molar-refractivity contribution in [2.45, 2.75) is 25.4 Å². The maximum Gasteiger partial charge on any atom is 2.00 e. The molecule has 0 bridgehead atoms. The molecule has 4 heteroatoms. The molecule has 0 aromatic heterocycles. The SMILES string of the molecule is N/C=C\NC1C[CH-]CN(Cc2ccccc2)C[CH-]C1.[W+2]. The molecule has 1 saturated heterocycles. The van der Waals surface area contributed by atoms with Crippen molar-refractivity contribution < 1.29 is 21.1 Å². The number of hydrogen-bond acceptors (Lipinski definition) is 3. The molecule has 1 aromatic rings. The Morgan fingerprint density at radius 2 is 1.85 bits per heavy atom. The van der Waals surface area contributed by atoms with Gasteiger partial charge in [0.1, 0.15) is 0 Å². The molecule has 3 N–H and O–H groups in total. The molecule has 3 nitrogen and oxygen atoms in total. The van der Waals surface area contributed by atoms with Gasteiger partial charge in [-0.3, -0.25) is 0 Å². The number of nitrogens with zero attached hydrogens (tertiary/aromatic N) is 1. The van der Waals surface area contributed by atoms with Crippen LogP contribution in [0, 0.1) is 12.8 Å². The van der Waals surface area contributed by atoms with Crippen LogP contribution >= 0.6 is 0 Å². The van der Waals surface area contributed by atoms with Crippen LogP contribution in [-0.4, -0.2) is 24.0 Å². The smallest absolute Gasteiger partial charge is 0.403 e. The largest absolute Gasteiger partial charge is 2.00 e. The second-order valence-corrected chi connectivity index (χ2v) is 4.95. The van der Waals surface area contributed by atoms with E-state index < -0.39 is 0 Å². The first kappa shape index (κ1) is 17.3. The van der Waals surface area contributed by atoms with Crippen molar-refractivity contribution in [3.8, 4) is 0 Å². The van der Waals surface area contributed by atoms with Gasteiger partial charge in [0.15, 0.2) is 0 Å². The molecule has 0 aliphatic carbocycles. The average molecular weight is 441 g/mol. The number of nitrogens with two attached hydrogens (primary N) is 1. The topological polar surface area (TPSA) is 41.3 Å². The fraction of sp³-hybridized carbons (Fsp3) is 0.375. The summed E-state index contributed by atoms with van der Waals surface area (Å²) in [6, 6.07) is 11.1. The molecule has 20 heavy (non-hydrogen) atoms. The molecule has 1 fully saturated rings. The molecular formula is C16H23N3W. The van der Waals surface area contributed by atoms with Crippen molar-refractivity contribution in [3.05, 3.63) is 61.1 Å². The van der Waals surface area contributed by atoms with Gasteiger partial charge in [0.25, 0.3) is 0 Å². The van der Waals surface area contributed by atoms with E-state index >= 15 is 0 Å². The summed E-state index contributed by atoms with van der Waals surface area (Å²) in [4.78, 5) is 2.46. The van der Waals surface area contributed by atoms with Crippen LogP contribution in [0.5, 0.6) is 0 Å². The van der Waals surface area contributed by atoms with Gasteiger partial charge in [0.2, 0.25) is 0 Å². The third-order valence-electron chi connectivity index (χ3n) is 3.35. The summed E-state index contributed by atoms with van der Waals surface area (Å²) in [5.74, 6) is 0. The summed E-state index contributed by atoms with van der Waals surface area (Å²) in [6.45, 7) is 3.10. The van der Waals surface area contributed by atoms with Crippen molar-refractivity contribution in [3.63, 3.8) is 0 Å². The molecule has 0 unspecified atom stereocenters. The molecule has 1 aliphatic heterocycles. The molecular weight excluding hydrogens is 418 g/mol.